The van der Waals surface area contributed by atoms with Gasteiger partial charge < -0.3 is 14.6 Å². The van der Waals surface area contributed by atoms with Gasteiger partial charge in [0, 0.05) is 31.7 Å². The second kappa shape index (κ2) is 10.4. The SMILES string of the molecule is CC(C)Cn1c(SCC(=O)NCC2(N3CCOCC3)CCCCC2)nc2ccccc21. The molecule has 1 saturated carbocycles. The van der Waals surface area contributed by atoms with Crippen LogP contribution in [0.3, 0.4) is 0 Å². The lowest BCUT2D eigenvalue weighted by Crippen LogP contribution is -2.59. The molecule has 0 radical (unpaired) electrons. The molecule has 2 fully saturated rings. The smallest absolute Gasteiger partial charge is 0.230 e. The number of benzene rings is 1. The molecule has 31 heavy (non-hydrogen) atoms. The number of para-hydroxylation sites is 2. The average molecular weight is 445 g/mol. The largest absolute Gasteiger partial charge is 0.379 e. The standard InChI is InChI=1S/C24H36N4O2S/c1-19(2)16-28-21-9-5-4-8-20(21)26-23(28)31-17-22(29)25-18-24(10-6-3-7-11-24)27-12-14-30-15-13-27/h4-5,8-9,19H,3,6-7,10-18H2,1-2H3,(H,25,29). The molecule has 4 rings (SSSR count). The van der Waals surface area contributed by atoms with Crippen molar-refractivity contribution in [2.24, 2.45) is 5.92 Å². The first-order valence-electron chi connectivity index (χ1n) is 11.7. The molecule has 1 aromatic heterocycles. The molecule has 1 saturated heterocycles. The zero-order valence-corrected chi connectivity index (χ0v) is 19.8. The van der Waals surface area contributed by atoms with Crippen molar-refractivity contribution in [3.05, 3.63) is 24.3 Å². The molecule has 7 heteroatoms. The van der Waals surface area contributed by atoms with Crippen LogP contribution in [-0.4, -0.2) is 64.5 Å². The Labute approximate surface area is 190 Å². The van der Waals surface area contributed by atoms with Crippen LogP contribution in [0.15, 0.2) is 29.4 Å². The number of morpholine rings is 1. The fourth-order valence-corrected chi connectivity index (χ4v) is 5.86. The van der Waals surface area contributed by atoms with E-state index >= 15 is 0 Å². The van der Waals surface area contributed by atoms with Gasteiger partial charge in [-0.1, -0.05) is 57.0 Å². The van der Waals surface area contributed by atoms with Crippen molar-refractivity contribution in [2.75, 3.05) is 38.6 Å². The van der Waals surface area contributed by atoms with Gasteiger partial charge in [0.25, 0.3) is 0 Å². The highest BCUT2D eigenvalue weighted by atomic mass is 32.2. The van der Waals surface area contributed by atoms with Gasteiger partial charge in [-0.25, -0.2) is 4.98 Å². The second-order valence-corrected chi connectivity index (χ2v) is 10.3. The minimum atomic E-state index is 0.103. The van der Waals surface area contributed by atoms with Gasteiger partial charge in [0.2, 0.25) is 5.91 Å². The topological polar surface area (TPSA) is 59.4 Å². The molecular weight excluding hydrogens is 408 g/mol. The lowest BCUT2D eigenvalue weighted by atomic mass is 9.79. The van der Waals surface area contributed by atoms with Crippen molar-refractivity contribution in [1.82, 2.24) is 19.8 Å². The van der Waals surface area contributed by atoms with E-state index in [1.165, 1.54) is 32.1 Å². The van der Waals surface area contributed by atoms with Gasteiger partial charge in [-0.2, -0.15) is 0 Å². The molecular formula is C24H36N4O2S. The van der Waals surface area contributed by atoms with Gasteiger partial charge in [-0.15, -0.1) is 0 Å². The molecule has 0 spiro atoms. The van der Waals surface area contributed by atoms with Crippen LogP contribution in [0.2, 0.25) is 0 Å². The lowest BCUT2D eigenvalue weighted by molar-refractivity contribution is -0.119. The summed E-state index contributed by atoms with van der Waals surface area (Å²) in [5, 5.41) is 4.21. The molecule has 0 atom stereocenters. The number of carbonyl (C=O) groups is 1. The minimum Gasteiger partial charge on any atom is -0.379 e. The quantitative estimate of drug-likeness (QED) is 0.625. The van der Waals surface area contributed by atoms with Crippen LogP contribution in [0.1, 0.15) is 46.0 Å². The van der Waals surface area contributed by atoms with Crippen molar-refractivity contribution < 1.29 is 9.53 Å². The summed E-state index contributed by atoms with van der Waals surface area (Å²) < 4.78 is 7.83. The number of aromatic nitrogens is 2. The molecule has 2 heterocycles. The van der Waals surface area contributed by atoms with Crippen LogP contribution in [0.5, 0.6) is 0 Å². The molecule has 1 N–H and O–H groups in total. The molecule has 170 valence electrons. The predicted molar refractivity (Wildman–Crippen MR) is 127 cm³/mol. The molecule has 1 aromatic carbocycles. The highest BCUT2D eigenvalue weighted by molar-refractivity contribution is 7.99. The van der Waals surface area contributed by atoms with Crippen molar-refractivity contribution in [3.63, 3.8) is 0 Å². The van der Waals surface area contributed by atoms with Crippen LogP contribution in [0, 0.1) is 5.92 Å². The maximum Gasteiger partial charge on any atom is 0.230 e. The number of hydrogen-bond acceptors (Lipinski definition) is 5. The number of fused-ring (bicyclic) bond motifs is 1. The van der Waals surface area contributed by atoms with E-state index in [9.17, 15) is 4.79 Å². The molecule has 1 amide bonds. The fraction of sp³-hybridized carbons (Fsp3) is 0.667. The van der Waals surface area contributed by atoms with Gasteiger partial charge in [0.1, 0.15) is 0 Å². The van der Waals surface area contributed by atoms with Gasteiger partial charge in [-0.05, 0) is 30.9 Å². The Kier molecular flexibility index (Phi) is 7.56. The zero-order valence-electron chi connectivity index (χ0n) is 18.9. The van der Waals surface area contributed by atoms with Gasteiger partial charge in [0.05, 0.1) is 30.0 Å². The van der Waals surface area contributed by atoms with Crippen LogP contribution in [0.4, 0.5) is 0 Å². The van der Waals surface area contributed by atoms with Crippen LogP contribution in [0.25, 0.3) is 11.0 Å². The van der Waals surface area contributed by atoms with Gasteiger partial charge in [0.15, 0.2) is 5.16 Å². The summed E-state index contributed by atoms with van der Waals surface area (Å²) in [5.41, 5.74) is 2.25. The Morgan fingerprint density at radius 1 is 1.19 bits per heavy atom. The number of ether oxygens (including phenoxy) is 1. The summed E-state index contributed by atoms with van der Waals surface area (Å²) in [6, 6.07) is 8.23. The van der Waals surface area contributed by atoms with E-state index < -0.39 is 0 Å². The van der Waals surface area contributed by atoms with E-state index in [-0.39, 0.29) is 11.4 Å². The van der Waals surface area contributed by atoms with E-state index in [0.717, 1.165) is 55.6 Å². The average Bonchev–Trinajstić information content (AvgIpc) is 3.14. The normalized spacial score (nSPS) is 19.7. The fourth-order valence-electron chi connectivity index (χ4n) is 5.00. The minimum absolute atomic E-state index is 0.103. The molecule has 2 aliphatic rings. The summed E-state index contributed by atoms with van der Waals surface area (Å²) in [7, 11) is 0. The Balaban J connectivity index is 1.38. The molecule has 6 nitrogen and oxygen atoms in total. The first kappa shape index (κ1) is 22.6. The summed E-state index contributed by atoms with van der Waals surface area (Å²) >= 11 is 1.55. The lowest BCUT2D eigenvalue weighted by Gasteiger charge is -2.48. The van der Waals surface area contributed by atoms with Gasteiger partial charge in [-0.3, -0.25) is 9.69 Å². The molecule has 0 unspecified atom stereocenters. The summed E-state index contributed by atoms with van der Waals surface area (Å²) in [5.74, 6) is 1.03. The molecule has 0 bridgehead atoms. The van der Waals surface area contributed by atoms with E-state index in [1.807, 2.05) is 12.1 Å². The van der Waals surface area contributed by atoms with Crippen molar-refractivity contribution in [1.29, 1.82) is 0 Å². The van der Waals surface area contributed by atoms with Crippen molar-refractivity contribution >= 4 is 28.7 Å². The Bertz CT molecular complexity index is 870. The van der Waals surface area contributed by atoms with Crippen molar-refractivity contribution in [2.45, 2.75) is 63.2 Å². The van der Waals surface area contributed by atoms with E-state index in [0.29, 0.717) is 11.7 Å². The number of imidazole rings is 1. The van der Waals surface area contributed by atoms with Gasteiger partial charge >= 0.3 is 0 Å². The Hall–Kier alpha value is -1.57. The van der Waals surface area contributed by atoms with Crippen LogP contribution >= 0.6 is 11.8 Å². The zero-order chi connectivity index (χ0) is 21.7. The number of nitrogens with zero attached hydrogens (tertiary/aromatic N) is 3. The first-order valence-corrected chi connectivity index (χ1v) is 12.7. The Morgan fingerprint density at radius 2 is 1.94 bits per heavy atom. The highest BCUT2D eigenvalue weighted by Crippen LogP contribution is 2.34. The third-order valence-corrected chi connectivity index (χ3v) is 7.56. The molecule has 2 aromatic rings. The molecule has 1 aliphatic heterocycles. The van der Waals surface area contributed by atoms with E-state index in [2.05, 4.69) is 40.8 Å². The third-order valence-electron chi connectivity index (χ3n) is 6.58. The maximum absolute atomic E-state index is 12.8. The van der Waals surface area contributed by atoms with Crippen molar-refractivity contribution in [3.8, 4) is 0 Å². The van der Waals surface area contributed by atoms with Crippen LogP contribution in [-0.2, 0) is 16.1 Å². The number of amides is 1. The number of nitrogens with one attached hydrogen (secondary N) is 1. The number of hydrogen-bond donors (Lipinski definition) is 1. The first-order chi connectivity index (χ1) is 15.1. The van der Waals surface area contributed by atoms with Crippen LogP contribution < -0.4 is 5.32 Å². The number of thioether (sulfide) groups is 1. The summed E-state index contributed by atoms with van der Waals surface area (Å²) in [6.07, 6.45) is 6.15. The third kappa shape index (κ3) is 5.44. The number of carbonyl (C=O) groups excluding carboxylic acids is 1. The predicted octanol–water partition coefficient (Wildman–Crippen LogP) is 3.94. The summed E-state index contributed by atoms with van der Waals surface area (Å²) in [4.78, 5) is 20.2. The maximum atomic E-state index is 12.8. The monoisotopic (exact) mass is 444 g/mol. The summed E-state index contributed by atoms with van der Waals surface area (Å²) in [6.45, 7) is 9.64. The second-order valence-electron chi connectivity index (χ2n) is 9.34. The molecule has 1 aliphatic carbocycles. The highest BCUT2D eigenvalue weighted by Gasteiger charge is 2.38. The van der Waals surface area contributed by atoms with E-state index in [1.54, 1.807) is 11.8 Å². The number of rotatable bonds is 8. The van der Waals surface area contributed by atoms with E-state index in [4.69, 9.17) is 9.72 Å². The Morgan fingerprint density at radius 3 is 2.68 bits per heavy atom.